The molecule has 0 spiro atoms. The average molecular weight is 428 g/mol. The summed E-state index contributed by atoms with van der Waals surface area (Å²) in [6.07, 6.45) is 3.74. The Morgan fingerprint density at radius 2 is 1.93 bits per heavy atom. The molecule has 1 aliphatic carbocycles. The normalized spacial score (nSPS) is 22.6. The lowest BCUT2D eigenvalue weighted by molar-refractivity contribution is 0.0675. The third kappa shape index (κ3) is 3.71. The van der Waals surface area contributed by atoms with E-state index in [0.717, 1.165) is 36.4 Å². The number of hydrogen-bond acceptors (Lipinski definition) is 6. The zero-order valence-electron chi connectivity index (χ0n) is 16.6. The quantitative estimate of drug-likeness (QED) is 0.648. The molecule has 5 rings (SSSR count). The van der Waals surface area contributed by atoms with Crippen molar-refractivity contribution in [1.82, 2.24) is 14.7 Å². The summed E-state index contributed by atoms with van der Waals surface area (Å²) in [4.78, 5) is 2.00. The first-order chi connectivity index (χ1) is 14.5. The van der Waals surface area contributed by atoms with Crippen molar-refractivity contribution in [3.63, 3.8) is 0 Å². The first-order valence-corrected chi connectivity index (χ1v) is 12.1. The van der Waals surface area contributed by atoms with Crippen LogP contribution in [0.2, 0.25) is 0 Å². The average Bonchev–Trinajstić information content (AvgIpc) is 3.48. The molecule has 1 aromatic carbocycles. The highest BCUT2D eigenvalue weighted by Crippen LogP contribution is 2.30. The molecule has 3 heterocycles. The van der Waals surface area contributed by atoms with Gasteiger partial charge in [0.25, 0.3) is 0 Å². The van der Waals surface area contributed by atoms with E-state index in [1.807, 2.05) is 52.0 Å². The lowest BCUT2D eigenvalue weighted by Crippen LogP contribution is -2.42. The van der Waals surface area contributed by atoms with E-state index in [4.69, 9.17) is 9.52 Å². The number of para-hydroxylation sites is 1. The molecular weight excluding hydrogens is 402 g/mol. The highest BCUT2D eigenvalue weighted by Gasteiger charge is 2.41. The highest BCUT2D eigenvalue weighted by atomic mass is 32.2. The SMILES string of the molecule is O=S1(=O)C[C@H](O)[C@@H](N(Cc2ccco2)Cc2nn(-c3ccccc3)c3c2CCC3)C1. The molecule has 7 nitrogen and oxygen atoms in total. The Morgan fingerprint density at radius 1 is 1.10 bits per heavy atom. The standard InChI is InChI=1S/C22H25N3O4S/c26-22-15-30(27,28)14-21(22)24(12-17-8-5-11-29-17)13-19-18-9-4-10-20(18)25(23-19)16-6-2-1-3-7-16/h1-3,5-8,11,21-22,26H,4,9-10,12-15H2/t21-,22-/m0/s1. The van der Waals surface area contributed by atoms with Crippen LogP contribution in [0, 0.1) is 0 Å². The minimum Gasteiger partial charge on any atom is -0.468 e. The van der Waals surface area contributed by atoms with Gasteiger partial charge in [-0.25, -0.2) is 13.1 Å². The number of furan rings is 1. The second kappa shape index (κ2) is 7.68. The number of aromatic nitrogens is 2. The fourth-order valence-electron chi connectivity index (χ4n) is 4.67. The summed E-state index contributed by atoms with van der Waals surface area (Å²) in [5.41, 5.74) is 4.46. The number of nitrogens with zero attached hydrogens (tertiary/aromatic N) is 3. The molecule has 0 radical (unpaired) electrons. The Kier molecular flexibility index (Phi) is 5.00. The van der Waals surface area contributed by atoms with Gasteiger partial charge in [-0.05, 0) is 49.1 Å². The summed E-state index contributed by atoms with van der Waals surface area (Å²) in [7, 11) is -3.26. The molecule has 8 heteroatoms. The van der Waals surface area contributed by atoms with E-state index in [9.17, 15) is 13.5 Å². The Balaban J connectivity index is 1.49. The Morgan fingerprint density at radius 3 is 2.63 bits per heavy atom. The van der Waals surface area contributed by atoms with Gasteiger partial charge < -0.3 is 9.52 Å². The summed E-state index contributed by atoms with van der Waals surface area (Å²) in [5.74, 6) is 0.505. The van der Waals surface area contributed by atoms with E-state index in [0.29, 0.717) is 13.1 Å². The van der Waals surface area contributed by atoms with Crippen LogP contribution in [0.1, 0.15) is 29.1 Å². The van der Waals surface area contributed by atoms with Gasteiger partial charge in [-0.2, -0.15) is 5.10 Å². The third-order valence-corrected chi connectivity index (χ3v) is 7.77. The van der Waals surface area contributed by atoms with E-state index >= 15 is 0 Å². The number of hydrogen-bond donors (Lipinski definition) is 1. The topological polar surface area (TPSA) is 88.6 Å². The summed E-state index contributed by atoms with van der Waals surface area (Å²) in [5, 5.41) is 15.4. The van der Waals surface area contributed by atoms with Crippen molar-refractivity contribution in [1.29, 1.82) is 0 Å². The molecule has 1 N–H and O–H groups in total. The Hall–Kier alpha value is -2.42. The molecule has 0 unspecified atom stereocenters. The summed E-state index contributed by atoms with van der Waals surface area (Å²) < 4.78 is 31.9. The van der Waals surface area contributed by atoms with Crippen molar-refractivity contribution in [2.24, 2.45) is 0 Å². The van der Waals surface area contributed by atoms with E-state index in [1.54, 1.807) is 6.26 Å². The Bertz CT molecular complexity index is 1120. The van der Waals surface area contributed by atoms with Crippen LogP contribution in [-0.2, 0) is 35.8 Å². The van der Waals surface area contributed by atoms with Gasteiger partial charge in [-0.1, -0.05) is 18.2 Å². The number of aliphatic hydroxyl groups is 1. The second-order valence-corrected chi connectivity index (χ2v) is 10.3. The zero-order valence-corrected chi connectivity index (χ0v) is 17.5. The fourth-order valence-corrected chi connectivity index (χ4v) is 6.50. The van der Waals surface area contributed by atoms with Crippen LogP contribution in [0.5, 0.6) is 0 Å². The summed E-state index contributed by atoms with van der Waals surface area (Å²) in [6, 6.07) is 13.3. The smallest absolute Gasteiger partial charge is 0.154 e. The maximum absolute atomic E-state index is 12.2. The first-order valence-electron chi connectivity index (χ1n) is 10.3. The molecule has 30 heavy (non-hydrogen) atoms. The van der Waals surface area contributed by atoms with Crippen molar-refractivity contribution in [3.05, 3.63) is 71.4 Å². The number of sulfone groups is 1. The minimum atomic E-state index is -3.26. The fraction of sp³-hybridized carbons (Fsp3) is 0.409. The van der Waals surface area contributed by atoms with Crippen LogP contribution in [0.4, 0.5) is 0 Å². The van der Waals surface area contributed by atoms with Gasteiger partial charge in [0.1, 0.15) is 5.76 Å². The number of fused-ring (bicyclic) bond motifs is 1. The maximum Gasteiger partial charge on any atom is 0.154 e. The van der Waals surface area contributed by atoms with Gasteiger partial charge in [0.15, 0.2) is 9.84 Å². The number of benzene rings is 1. The predicted octanol–water partition coefficient (Wildman–Crippen LogP) is 2.11. The van der Waals surface area contributed by atoms with Crippen molar-refractivity contribution in [2.45, 2.75) is 44.5 Å². The van der Waals surface area contributed by atoms with Crippen LogP contribution in [-0.4, -0.2) is 51.9 Å². The second-order valence-electron chi connectivity index (χ2n) is 8.17. The predicted molar refractivity (Wildman–Crippen MR) is 112 cm³/mol. The molecule has 0 amide bonds. The van der Waals surface area contributed by atoms with Gasteiger partial charge in [0.2, 0.25) is 0 Å². The van der Waals surface area contributed by atoms with E-state index in [2.05, 4.69) is 0 Å². The lowest BCUT2D eigenvalue weighted by Gasteiger charge is -2.29. The third-order valence-electron chi connectivity index (χ3n) is 6.07. The monoisotopic (exact) mass is 427 g/mol. The van der Waals surface area contributed by atoms with Gasteiger partial charge >= 0.3 is 0 Å². The number of rotatable bonds is 6. The molecule has 0 bridgehead atoms. The van der Waals surface area contributed by atoms with Gasteiger partial charge in [-0.15, -0.1) is 0 Å². The summed E-state index contributed by atoms with van der Waals surface area (Å²) in [6.45, 7) is 0.900. The largest absolute Gasteiger partial charge is 0.468 e. The molecular formula is C22H25N3O4S. The molecule has 2 aliphatic rings. The van der Waals surface area contributed by atoms with Crippen LogP contribution in [0.25, 0.3) is 5.69 Å². The molecule has 2 atom stereocenters. The Labute approximate surface area is 175 Å². The van der Waals surface area contributed by atoms with E-state index < -0.39 is 22.0 Å². The van der Waals surface area contributed by atoms with Crippen LogP contribution >= 0.6 is 0 Å². The van der Waals surface area contributed by atoms with Crippen molar-refractivity contribution in [3.8, 4) is 5.69 Å². The van der Waals surface area contributed by atoms with Crippen molar-refractivity contribution < 1.29 is 17.9 Å². The molecule has 1 aliphatic heterocycles. The van der Waals surface area contributed by atoms with Gasteiger partial charge in [-0.3, -0.25) is 4.90 Å². The first kappa shape index (κ1) is 19.5. The van der Waals surface area contributed by atoms with Gasteiger partial charge in [0.05, 0.1) is 47.8 Å². The van der Waals surface area contributed by atoms with Crippen LogP contribution in [0.3, 0.4) is 0 Å². The van der Waals surface area contributed by atoms with Gasteiger partial charge in [0, 0.05) is 12.2 Å². The van der Waals surface area contributed by atoms with E-state index in [1.165, 1.54) is 11.3 Å². The molecule has 2 aromatic heterocycles. The minimum absolute atomic E-state index is 0.0452. The highest BCUT2D eigenvalue weighted by molar-refractivity contribution is 7.91. The maximum atomic E-state index is 12.2. The zero-order chi connectivity index (χ0) is 20.7. The van der Waals surface area contributed by atoms with Crippen molar-refractivity contribution >= 4 is 9.84 Å². The van der Waals surface area contributed by atoms with Crippen molar-refractivity contribution in [2.75, 3.05) is 11.5 Å². The molecule has 1 saturated heterocycles. The van der Waals surface area contributed by atoms with E-state index in [-0.39, 0.29) is 11.5 Å². The molecule has 0 saturated carbocycles. The molecule has 1 fully saturated rings. The summed E-state index contributed by atoms with van der Waals surface area (Å²) >= 11 is 0. The van der Waals surface area contributed by atoms with Crippen LogP contribution in [0.15, 0.2) is 53.1 Å². The number of aliphatic hydroxyl groups excluding tert-OH is 1. The van der Waals surface area contributed by atoms with Crippen LogP contribution < -0.4 is 0 Å². The lowest BCUT2D eigenvalue weighted by atomic mass is 10.1. The molecule has 158 valence electrons. The molecule has 3 aromatic rings.